The maximum Gasteiger partial charge on any atom is 0.221 e. The smallest absolute Gasteiger partial charge is 0.221 e. The summed E-state index contributed by atoms with van der Waals surface area (Å²) in [5.41, 5.74) is 6.27. The number of fused-ring (bicyclic) bond motifs is 1. The van der Waals surface area contributed by atoms with E-state index in [2.05, 4.69) is 30.7 Å². The first-order chi connectivity index (χ1) is 13.7. The number of aromatic nitrogens is 3. The van der Waals surface area contributed by atoms with E-state index in [1.54, 1.807) is 0 Å². The molecule has 152 valence electrons. The topological polar surface area (TPSA) is 113 Å². The van der Waals surface area contributed by atoms with Gasteiger partial charge in [-0.2, -0.15) is 0 Å². The van der Waals surface area contributed by atoms with Gasteiger partial charge in [0.2, 0.25) is 5.91 Å². The second kappa shape index (κ2) is 10.0. The number of primary amides is 1. The fourth-order valence-corrected chi connectivity index (χ4v) is 3.49. The number of hydrogen-bond acceptors (Lipinski definition) is 5. The molecule has 4 N–H and O–H groups in total. The summed E-state index contributed by atoms with van der Waals surface area (Å²) < 4.78 is 1.94. The summed E-state index contributed by atoms with van der Waals surface area (Å²) in [6.45, 7) is 6.86. The summed E-state index contributed by atoms with van der Waals surface area (Å²) >= 11 is 0. The van der Waals surface area contributed by atoms with Crippen molar-refractivity contribution in [3.8, 4) is 0 Å². The van der Waals surface area contributed by atoms with E-state index in [4.69, 9.17) is 5.73 Å². The molecule has 1 aliphatic rings. The summed E-state index contributed by atoms with van der Waals surface area (Å²) in [5, 5.41) is 15.0. The average Bonchev–Trinajstić information content (AvgIpc) is 3.12. The first kappa shape index (κ1) is 20.1. The van der Waals surface area contributed by atoms with Gasteiger partial charge in [0.05, 0.1) is 5.92 Å². The number of rotatable bonds is 8. The van der Waals surface area contributed by atoms with Crippen molar-refractivity contribution in [3.05, 3.63) is 30.2 Å². The Bertz CT molecular complexity index is 802. The van der Waals surface area contributed by atoms with Gasteiger partial charge >= 0.3 is 0 Å². The van der Waals surface area contributed by atoms with Crippen LogP contribution in [0.15, 0.2) is 29.4 Å². The second-order valence-electron chi connectivity index (χ2n) is 7.06. The number of nitrogens with one attached hydrogen (secondary N) is 2. The van der Waals surface area contributed by atoms with Gasteiger partial charge in [0, 0.05) is 25.8 Å². The molecular formula is C19H30N8O. The largest absolute Gasteiger partial charge is 0.369 e. The van der Waals surface area contributed by atoms with E-state index in [0.29, 0.717) is 6.54 Å². The highest BCUT2D eigenvalue weighted by molar-refractivity contribution is 5.79. The number of hydrogen-bond donors (Lipinski definition) is 3. The van der Waals surface area contributed by atoms with Crippen molar-refractivity contribution in [2.75, 3.05) is 32.7 Å². The number of nitrogens with two attached hydrogens (primary N) is 1. The van der Waals surface area contributed by atoms with Crippen LogP contribution in [0.3, 0.4) is 0 Å². The average molecular weight is 387 g/mol. The molecule has 28 heavy (non-hydrogen) atoms. The Kier molecular flexibility index (Phi) is 7.18. The Balaban J connectivity index is 1.46. The number of aliphatic imine (C=N–C) groups is 1. The molecule has 0 radical (unpaired) electrons. The fraction of sp³-hybridized carbons (Fsp3) is 0.579. The highest BCUT2D eigenvalue weighted by atomic mass is 16.1. The molecule has 2 aromatic rings. The van der Waals surface area contributed by atoms with Crippen molar-refractivity contribution < 1.29 is 4.79 Å². The van der Waals surface area contributed by atoms with Gasteiger partial charge in [0.15, 0.2) is 17.4 Å². The lowest BCUT2D eigenvalue weighted by molar-refractivity contribution is -0.123. The van der Waals surface area contributed by atoms with Crippen molar-refractivity contribution in [2.45, 2.75) is 32.7 Å². The Morgan fingerprint density at radius 3 is 3.07 bits per heavy atom. The lowest BCUT2D eigenvalue weighted by Crippen LogP contribution is -2.43. The summed E-state index contributed by atoms with van der Waals surface area (Å²) in [6.07, 6.45) is 4.87. The number of pyridine rings is 1. The van der Waals surface area contributed by atoms with Crippen LogP contribution in [-0.2, 0) is 11.3 Å². The van der Waals surface area contributed by atoms with Crippen LogP contribution in [0.25, 0.3) is 5.65 Å². The van der Waals surface area contributed by atoms with Gasteiger partial charge in [0.1, 0.15) is 6.54 Å². The lowest BCUT2D eigenvalue weighted by atomic mass is 9.97. The number of carbonyl (C=O) groups is 1. The van der Waals surface area contributed by atoms with Crippen molar-refractivity contribution in [2.24, 2.45) is 16.6 Å². The number of nitrogens with zero attached hydrogens (tertiary/aromatic N) is 5. The van der Waals surface area contributed by atoms with E-state index in [-0.39, 0.29) is 11.8 Å². The van der Waals surface area contributed by atoms with E-state index < -0.39 is 0 Å². The van der Waals surface area contributed by atoms with E-state index >= 15 is 0 Å². The molecule has 2 aromatic heterocycles. The fourth-order valence-electron chi connectivity index (χ4n) is 3.49. The van der Waals surface area contributed by atoms with Crippen molar-refractivity contribution in [1.82, 2.24) is 30.1 Å². The Hall–Kier alpha value is -2.68. The van der Waals surface area contributed by atoms with Gasteiger partial charge in [0.25, 0.3) is 0 Å². The number of piperidine rings is 1. The third-order valence-electron chi connectivity index (χ3n) is 4.96. The molecular weight excluding hydrogens is 356 g/mol. The number of likely N-dealkylation sites (tertiary alicyclic amines) is 1. The van der Waals surface area contributed by atoms with Gasteiger partial charge in [-0.15, -0.1) is 10.2 Å². The molecule has 0 bridgehead atoms. The van der Waals surface area contributed by atoms with Gasteiger partial charge in [-0.25, -0.2) is 4.99 Å². The highest BCUT2D eigenvalue weighted by Gasteiger charge is 2.23. The molecule has 0 aromatic carbocycles. The Morgan fingerprint density at radius 2 is 2.25 bits per heavy atom. The van der Waals surface area contributed by atoms with Crippen LogP contribution in [0.1, 0.15) is 32.0 Å². The minimum absolute atomic E-state index is 0.00133. The van der Waals surface area contributed by atoms with Crippen molar-refractivity contribution in [3.63, 3.8) is 0 Å². The van der Waals surface area contributed by atoms with Crippen LogP contribution in [-0.4, -0.2) is 64.1 Å². The predicted octanol–water partition coefficient (Wildman–Crippen LogP) is 0.372. The summed E-state index contributed by atoms with van der Waals surface area (Å²) in [6, 6.07) is 5.82. The molecule has 3 rings (SSSR count). The number of carbonyl (C=O) groups excluding carboxylic acids is 1. The first-order valence-corrected chi connectivity index (χ1v) is 10.00. The van der Waals surface area contributed by atoms with Gasteiger partial charge in [-0.05, 0) is 51.4 Å². The zero-order valence-electron chi connectivity index (χ0n) is 16.5. The van der Waals surface area contributed by atoms with Crippen LogP contribution in [0.2, 0.25) is 0 Å². The standard InChI is InChI=1S/C19H30N8O/c1-2-21-19(23-13-17-25-24-16-8-3-4-12-27(16)17)22-9-6-11-26-10-5-7-15(14-26)18(20)28/h3-4,8,12,15H,2,5-7,9-11,13-14H2,1H3,(H2,20,28)(H2,21,22,23). The monoisotopic (exact) mass is 386 g/mol. The molecule has 1 fully saturated rings. The van der Waals surface area contributed by atoms with Gasteiger partial charge in [-0.1, -0.05) is 6.07 Å². The molecule has 1 unspecified atom stereocenters. The molecule has 3 heterocycles. The predicted molar refractivity (Wildman–Crippen MR) is 109 cm³/mol. The zero-order valence-corrected chi connectivity index (χ0v) is 16.5. The van der Waals surface area contributed by atoms with Crippen molar-refractivity contribution in [1.29, 1.82) is 0 Å². The maximum absolute atomic E-state index is 11.4. The van der Waals surface area contributed by atoms with Gasteiger partial charge in [-0.3, -0.25) is 9.20 Å². The molecule has 9 nitrogen and oxygen atoms in total. The molecule has 0 aliphatic carbocycles. The van der Waals surface area contributed by atoms with E-state index in [1.807, 2.05) is 35.7 Å². The van der Waals surface area contributed by atoms with Crippen LogP contribution >= 0.6 is 0 Å². The molecule has 0 spiro atoms. The summed E-state index contributed by atoms with van der Waals surface area (Å²) in [4.78, 5) is 18.3. The van der Waals surface area contributed by atoms with E-state index in [1.165, 1.54) is 0 Å². The zero-order chi connectivity index (χ0) is 19.8. The van der Waals surface area contributed by atoms with Crippen LogP contribution < -0.4 is 16.4 Å². The summed E-state index contributed by atoms with van der Waals surface area (Å²) in [7, 11) is 0. The normalized spacial score (nSPS) is 18.3. The van der Waals surface area contributed by atoms with Crippen molar-refractivity contribution >= 4 is 17.5 Å². The molecule has 1 atom stereocenters. The number of amides is 1. The molecule has 1 amide bonds. The highest BCUT2D eigenvalue weighted by Crippen LogP contribution is 2.15. The SMILES string of the molecule is CCNC(=NCc1nnc2ccccn12)NCCCN1CCCC(C(N)=O)C1. The number of guanidine groups is 1. The Labute approximate surface area is 165 Å². The first-order valence-electron chi connectivity index (χ1n) is 10.00. The minimum Gasteiger partial charge on any atom is -0.369 e. The van der Waals surface area contributed by atoms with Crippen LogP contribution in [0, 0.1) is 5.92 Å². The van der Waals surface area contributed by atoms with Crippen LogP contribution in [0.4, 0.5) is 0 Å². The van der Waals surface area contributed by atoms with E-state index in [9.17, 15) is 4.79 Å². The lowest BCUT2D eigenvalue weighted by Gasteiger charge is -2.31. The Morgan fingerprint density at radius 1 is 1.36 bits per heavy atom. The third kappa shape index (κ3) is 5.41. The molecule has 1 saturated heterocycles. The molecule has 1 aliphatic heterocycles. The molecule has 9 heteroatoms. The summed E-state index contributed by atoms with van der Waals surface area (Å²) in [5.74, 6) is 1.39. The molecule has 0 saturated carbocycles. The quantitative estimate of drug-likeness (QED) is 0.343. The van der Waals surface area contributed by atoms with Crippen LogP contribution in [0.5, 0.6) is 0 Å². The van der Waals surface area contributed by atoms with E-state index in [0.717, 1.165) is 69.4 Å². The van der Waals surface area contributed by atoms with Gasteiger partial charge < -0.3 is 21.3 Å². The minimum atomic E-state index is -0.176. The maximum atomic E-state index is 11.4. The third-order valence-corrected chi connectivity index (χ3v) is 4.96. The second-order valence-corrected chi connectivity index (χ2v) is 7.06.